The molecule has 1 aromatic carbocycles. The molecule has 26 heavy (non-hydrogen) atoms. The molecule has 1 N–H and O–H groups in total. The number of aromatic nitrogens is 3. The van der Waals surface area contributed by atoms with E-state index in [1.165, 1.54) is 23.1 Å². The van der Waals surface area contributed by atoms with E-state index in [0.29, 0.717) is 15.3 Å². The van der Waals surface area contributed by atoms with Crippen LogP contribution in [0.4, 0.5) is 5.13 Å². The Bertz CT molecular complexity index is 935. The van der Waals surface area contributed by atoms with E-state index in [1.54, 1.807) is 0 Å². The van der Waals surface area contributed by atoms with Crippen LogP contribution in [0.3, 0.4) is 0 Å². The number of aryl methyl sites for hydroxylation is 2. The average molecular weight is 405 g/mol. The standard InChI is InChI=1S/C18H17ClN4OS2/c1-10-11(2)20-17(21-12(10)3)26-9-16(24)23-18-22-15(8-25-18)13-6-4-5-7-14(13)19/h4-8H,9H2,1-3H3,(H,22,23,24). The number of carbonyl (C=O) groups is 1. The minimum Gasteiger partial charge on any atom is -0.301 e. The van der Waals surface area contributed by atoms with Crippen molar-refractivity contribution in [1.82, 2.24) is 15.0 Å². The van der Waals surface area contributed by atoms with E-state index < -0.39 is 0 Å². The molecule has 3 rings (SSSR count). The van der Waals surface area contributed by atoms with Gasteiger partial charge in [0.2, 0.25) is 5.91 Å². The first-order valence-corrected chi connectivity index (χ1v) is 10.1. The van der Waals surface area contributed by atoms with Crippen LogP contribution >= 0.6 is 34.7 Å². The van der Waals surface area contributed by atoms with Crippen LogP contribution in [0.15, 0.2) is 34.8 Å². The zero-order valence-electron chi connectivity index (χ0n) is 14.5. The molecule has 0 aliphatic carbocycles. The third-order valence-electron chi connectivity index (χ3n) is 3.84. The summed E-state index contributed by atoms with van der Waals surface area (Å²) in [6.07, 6.45) is 0. The van der Waals surface area contributed by atoms with Gasteiger partial charge in [-0.3, -0.25) is 4.79 Å². The molecular weight excluding hydrogens is 388 g/mol. The van der Waals surface area contributed by atoms with Crippen molar-refractivity contribution in [3.05, 3.63) is 51.6 Å². The van der Waals surface area contributed by atoms with E-state index >= 15 is 0 Å². The Kier molecular flexibility index (Phi) is 5.90. The second-order valence-electron chi connectivity index (χ2n) is 5.66. The minimum absolute atomic E-state index is 0.144. The predicted molar refractivity (Wildman–Crippen MR) is 108 cm³/mol. The van der Waals surface area contributed by atoms with Crippen LogP contribution in [0.25, 0.3) is 11.3 Å². The van der Waals surface area contributed by atoms with Gasteiger partial charge >= 0.3 is 0 Å². The third kappa shape index (κ3) is 4.41. The van der Waals surface area contributed by atoms with Crippen LogP contribution in [0.1, 0.15) is 17.0 Å². The molecule has 0 aliphatic heterocycles. The first kappa shape index (κ1) is 18.8. The van der Waals surface area contributed by atoms with Gasteiger partial charge in [-0.1, -0.05) is 41.6 Å². The molecule has 0 fully saturated rings. The lowest BCUT2D eigenvalue weighted by atomic mass is 10.2. The Hall–Kier alpha value is -1.96. The summed E-state index contributed by atoms with van der Waals surface area (Å²) < 4.78 is 0. The molecule has 0 radical (unpaired) electrons. The molecular formula is C18H17ClN4OS2. The molecule has 8 heteroatoms. The fourth-order valence-corrected chi connectivity index (χ4v) is 3.91. The molecule has 2 aromatic heterocycles. The lowest BCUT2D eigenvalue weighted by Crippen LogP contribution is -2.14. The maximum atomic E-state index is 12.2. The second-order valence-corrected chi connectivity index (χ2v) is 7.86. The minimum atomic E-state index is -0.144. The van der Waals surface area contributed by atoms with Gasteiger partial charge in [-0.25, -0.2) is 15.0 Å². The van der Waals surface area contributed by atoms with Gasteiger partial charge in [0.05, 0.1) is 11.4 Å². The van der Waals surface area contributed by atoms with Crippen molar-refractivity contribution < 1.29 is 4.79 Å². The van der Waals surface area contributed by atoms with Gasteiger partial charge in [-0.05, 0) is 32.4 Å². The summed E-state index contributed by atoms with van der Waals surface area (Å²) in [6, 6.07) is 7.49. The van der Waals surface area contributed by atoms with Crippen LogP contribution in [0.5, 0.6) is 0 Å². The number of halogens is 1. The smallest absolute Gasteiger partial charge is 0.236 e. The molecule has 0 spiro atoms. The zero-order chi connectivity index (χ0) is 18.7. The van der Waals surface area contributed by atoms with Crippen molar-refractivity contribution >= 4 is 45.7 Å². The molecule has 2 heterocycles. The first-order valence-electron chi connectivity index (χ1n) is 7.89. The Morgan fingerprint density at radius 2 is 1.85 bits per heavy atom. The summed E-state index contributed by atoms with van der Waals surface area (Å²) in [4.78, 5) is 25.4. The number of carbonyl (C=O) groups excluding carboxylic acids is 1. The van der Waals surface area contributed by atoms with E-state index in [0.717, 1.165) is 28.2 Å². The van der Waals surface area contributed by atoms with E-state index in [2.05, 4.69) is 20.3 Å². The summed E-state index contributed by atoms with van der Waals surface area (Å²) in [6.45, 7) is 5.88. The monoisotopic (exact) mass is 404 g/mol. The number of nitrogens with zero attached hydrogens (tertiary/aromatic N) is 3. The van der Waals surface area contributed by atoms with Crippen LogP contribution in [-0.2, 0) is 4.79 Å². The van der Waals surface area contributed by atoms with E-state index in [-0.39, 0.29) is 11.7 Å². The van der Waals surface area contributed by atoms with Crippen LogP contribution < -0.4 is 5.32 Å². The number of benzene rings is 1. The summed E-state index contributed by atoms with van der Waals surface area (Å²) in [5.74, 6) is 0.0812. The van der Waals surface area contributed by atoms with Gasteiger partial charge in [0.1, 0.15) is 0 Å². The number of nitrogens with one attached hydrogen (secondary N) is 1. The Labute approximate surface area is 165 Å². The van der Waals surface area contributed by atoms with Crippen molar-refractivity contribution in [3.63, 3.8) is 0 Å². The highest BCUT2D eigenvalue weighted by atomic mass is 35.5. The van der Waals surface area contributed by atoms with Crippen LogP contribution in [0.2, 0.25) is 5.02 Å². The highest BCUT2D eigenvalue weighted by Gasteiger charge is 2.12. The van der Waals surface area contributed by atoms with Crippen LogP contribution in [0, 0.1) is 20.8 Å². The normalized spacial score (nSPS) is 10.8. The van der Waals surface area contributed by atoms with Gasteiger partial charge in [0, 0.05) is 27.4 Å². The molecule has 0 aliphatic rings. The highest BCUT2D eigenvalue weighted by Crippen LogP contribution is 2.30. The first-order chi connectivity index (χ1) is 12.4. The second kappa shape index (κ2) is 8.16. The largest absolute Gasteiger partial charge is 0.301 e. The molecule has 0 bridgehead atoms. The fraction of sp³-hybridized carbons (Fsp3) is 0.222. The average Bonchev–Trinajstić information content (AvgIpc) is 3.06. The molecule has 5 nitrogen and oxygen atoms in total. The summed E-state index contributed by atoms with van der Waals surface area (Å²) >= 11 is 8.87. The number of thiazole rings is 1. The third-order valence-corrected chi connectivity index (χ3v) is 5.78. The molecule has 1 amide bonds. The molecule has 134 valence electrons. The number of amides is 1. The number of anilines is 1. The van der Waals surface area contributed by atoms with Crippen molar-refractivity contribution in [2.24, 2.45) is 0 Å². The summed E-state index contributed by atoms with van der Waals surface area (Å²) in [7, 11) is 0. The van der Waals surface area contributed by atoms with Crippen molar-refractivity contribution in [2.45, 2.75) is 25.9 Å². The van der Waals surface area contributed by atoms with Crippen molar-refractivity contribution in [3.8, 4) is 11.3 Å². The summed E-state index contributed by atoms with van der Waals surface area (Å²) in [5.41, 5.74) is 4.54. The van der Waals surface area contributed by atoms with E-state index in [4.69, 9.17) is 11.6 Å². The lowest BCUT2D eigenvalue weighted by molar-refractivity contribution is -0.113. The van der Waals surface area contributed by atoms with E-state index in [1.807, 2.05) is 50.4 Å². The van der Waals surface area contributed by atoms with Gasteiger partial charge in [-0.2, -0.15) is 0 Å². The quantitative estimate of drug-likeness (QED) is 0.483. The molecule has 3 aromatic rings. The molecule has 0 saturated heterocycles. The van der Waals surface area contributed by atoms with Crippen molar-refractivity contribution in [2.75, 3.05) is 11.1 Å². The van der Waals surface area contributed by atoms with Gasteiger partial charge in [-0.15, -0.1) is 11.3 Å². The van der Waals surface area contributed by atoms with Crippen LogP contribution in [-0.4, -0.2) is 26.6 Å². The SMILES string of the molecule is Cc1nc(SCC(=O)Nc2nc(-c3ccccc3Cl)cs2)nc(C)c1C. The molecule has 0 atom stereocenters. The Balaban J connectivity index is 1.62. The maximum Gasteiger partial charge on any atom is 0.236 e. The Morgan fingerprint density at radius 1 is 1.15 bits per heavy atom. The zero-order valence-corrected chi connectivity index (χ0v) is 16.9. The molecule has 0 saturated carbocycles. The summed E-state index contributed by atoms with van der Waals surface area (Å²) in [5, 5.41) is 6.47. The van der Waals surface area contributed by atoms with E-state index in [9.17, 15) is 4.79 Å². The maximum absolute atomic E-state index is 12.2. The number of rotatable bonds is 5. The fourth-order valence-electron chi connectivity index (χ4n) is 2.22. The molecule has 0 unspecified atom stereocenters. The number of thioether (sulfide) groups is 1. The number of hydrogen-bond acceptors (Lipinski definition) is 6. The number of hydrogen-bond donors (Lipinski definition) is 1. The highest BCUT2D eigenvalue weighted by molar-refractivity contribution is 7.99. The van der Waals surface area contributed by atoms with Crippen molar-refractivity contribution in [1.29, 1.82) is 0 Å². The predicted octanol–water partition coefficient (Wildman–Crippen LogP) is 4.91. The van der Waals surface area contributed by atoms with Gasteiger partial charge in [0.25, 0.3) is 0 Å². The topological polar surface area (TPSA) is 67.8 Å². The lowest BCUT2D eigenvalue weighted by Gasteiger charge is -2.06. The van der Waals surface area contributed by atoms with Gasteiger partial charge < -0.3 is 5.32 Å². The van der Waals surface area contributed by atoms with Gasteiger partial charge in [0.15, 0.2) is 10.3 Å². The Morgan fingerprint density at radius 3 is 2.54 bits per heavy atom.